The van der Waals surface area contributed by atoms with E-state index in [4.69, 9.17) is 23.2 Å². The Kier molecular flexibility index (Phi) is 4.70. The summed E-state index contributed by atoms with van der Waals surface area (Å²) in [7, 11) is -3.86. The monoisotopic (exact) mass is 345 g/mol. The molecule has 0 aliphatic heterocycles. The van der Waals surface area contributed by atoms with Crippen molar-refractivity contribution in [3.05, 3.63) is 45.8 Å². The standard InChI is InChI=1S/C13H13Cl2N3O2S/c1-3-11-13(17-5-4-16-11)18-21(19,20)12-6-8(2)9(14)7-10(12)15/h4-7H,3H2,1-2H3,(H,17,18). The second-order valence-corrected chi connectivity index (χ2v) is 6.81. The molecule has 8 heteroatoms. The third kappa shape index (κ3) is 3.45. The van der Waals surface area contributed by atoms with Gasteiger partial charge < -0.3 is 0 Å². The van der Waals surface area contributed by atoms with Crippen LogP contribution >= 0.6 is 23.2 Å². The minimum atomic E-state index is -3.86. The molecular formula is C13H13Cl2N3O2S. The Morgan fingerprint density at radius 3 is 2.48 bits per heavy atom. The van der Waals surface area contributed by atoms with Crippen molar-refractivity contribution >= 4 is 39.0 Å². The van der Waals surface area contributed by atoms with E-state index in [2.05, 4.69) is 14.7 Å². The average molecular weight is 346 g/mol. The average Bonchev–Trinajstić information content (AvgIpc) is 2.43. The lowest BCUT2D eigenvalue weighted by Gasteiger charge is -2.12. The van der Waals surface area contributed by atoms with E-state index in [9.17, 15) is 8.42 Å². The van der Waals surface area contributed by atoms with Gasteiger partial charge in [0.1, 0.15) is 4.90 Å². The first-order valence-electron chi connectivity index (χ1n) is 6.13. The van der Waals surface area contributed by atoms with Gasteiger partial charge in [-0.2, -0.15) is 0 Å². The fourth-order valence-electron chi connectivity index (χ4n) is 1.73. The van der Waals surface area contributed by atoms with Gasteiger partial charge in [0.2, 0.25) is 0 Å². The molecule has 0 atom stereocenters. The number of hydrogen-bond donors (Lipinski definition) is 1. The zero-order valence-electron chi connectivity index (χ0n) is 11.4. The quantitative estimate of drug-likeness (QED) is 0.920. The Morgan fingerprint density at radius 2 is 1.81 bits per heavy atom. The number of rotatable bonds is 4. The molecule has 0 unspecified atom stereocenters. The molecule has 0 radical (unpaired) electrons. The maximum atomic E-state index is 12.4. The zero-order valence-corrected chi connectivity index (χ0v) is 13.7. The minimum absolute atomic E-state index is 0.0428. The normalized spacial score (nSPS) is 11.4. The highest BCUT2D eigenvalue weighted by atomic mass is 35.5. The van der Waals surface area contributed by atoms with Crippen LogP contribution in [0, 0.1) is 6.92 Å². The Labute approximate surface area is 133 Å². The van der Waals surface area contributed by atoms with Gasteiger partial charge in [-0.3, -0.25) is 9.71 Å². The molecule has 0 saturated carbocycles. The van der Waals surface area contributed by atoms with Crippen molar-refractivity contribution in [3.8, 4) is 0 Å². The summed E-state index contributed by atoms with van der Waals surface area (Å²) in [5.74, 6) is 0.198. The van der Waals surface area contributed by atoms with Gasteiger partial charge in [-0.1, -0.05) is 30.1 Å². The van der Waals surface area contributed by atoms with Crippen LogP contribution in [0.25, 0.3) is 0 Å². The van der Waals surface area contributed by atoms with Crippen molar-refractivity contribution in [2.45, 2.75) is 25.2 Å². The third-order valence-electron chi connectivity index (χ3n) is 2.84. The van der Waals surface area contributed by atoms with Gasteiger partial charge in [0.05, 0.1) is 10.7 Å². The van der Waals surface area contributed by atoms with Crippen molar-refractivity contribution < 1.29 is 8.42 Å². The van der Waals surface area contributed by atoms with Gasteiger partial charge in [0, 0.05) is 17.4 Å². The van der Waals surface area contributed by atoms with E-state index in [-0.39, 0.29) is 15.7 Å². The van der Waals surface area contributed by atoms with Crippen molar-refractivity contribution in [3.63, 3.8) is 0 Å². The van der Waals surface area contributed by atoms with E-state index in [1.807, 2.05) is 6.92 Å². The van der Waals surface area contributed by atoms with Crippen LogP contribution in [0.2, 0.25) is 10.0 Å². The lowest BCUT2D eigenvalue weighted by Crippen LogP contribution is -2.16. The van der Waals surface area contributed by atoms with E-state index in [1.165, 1.54) is 24.5 Å². The molecule has 0 aliphatic rings. The molecule has 2 rings (SSSR count). The number of aromatic nitrogens is 2. The highest BCUT2D eigenvalue weighted by Crippen LogP contribution is 2.29. The van der Waals surface area contributed by atoms with Gasteiger partial charge in [0.25, 0.3) is 10.0 Å². The molecular weight excluding hydrogens is 333 g/mol. The second kappa shape index (κ2) is 6.17. The molecule has 0 aliphatic carbocycles. The van der Waals surface area contributed by atoms with Crippen LogP contribution in [0.5, 0.6) is 0 Å². The fourth-order valence-corrected chi connectivity index (χ4v) is 3.60. The molecule has 21 heavy (non-hydrogen) atoms. The van der Waals surface area contributed by atoms with Crippen molar-refractivity contribution in [1.82, 2.24) is 9.97 Å². The molecule has 1 aromatic carbocycles. The lowest BCUT2D eigenvalue weighted by molar-refractivity contribution is 0.601. The van der Waals surface area contributed by atoms with Crippen LogP contribution in [0.1, 0.15) is 18.2 Å². The van der Waals surface area contributed by atoms with E-state index in [0.29, 0.717) is 22.7 Å². The zero-order chi connectivity index (χ0) is 15.6. The predicted molar refractivity (Wildman–Crippen MR) is 83.4 cm³/mol. The maximum absolute atomic E-state index is 12.4. The number of anilines is 1. The predicted octanol–water partition coefficient (Wildman–Crippen LogP) is 3.46. The van der Waals surface area contributed by atoms with Crippen molar-refractivity contribution in [1.29, 1.82) is 0 Å². The molecule has 5 nitrogen and oxygen atoms in total. The first-order chi connectivity index (χ1) is 9.85. The molecule has 112 valence electrons. The van der Waals surface area contributed by atoms with Crippen LogP contribution in [0.15, 0.2) is 29.4 Å². The van der Waals surface area contributed by atoms with Gasteiger partial charge in [-0.25, -0.2) is 13.4 Å². The number of nitrogens with one attached hydrogen (secondary N) is 1. The first-order valence-corrected chi connectivity index (χ1v) is 8.37. The summed E-state index contributed by atoms with van der Waals surface area (Å²) in [6.07, 6.45) is 3.49. The largest absolute Gasteiger partial charge is 0.264 e. The summed E-state index contributed by atoms with van der Waals surface area (Å²) >= 11 is 11.9. The molecule has 0 amide bonds. The summed E-state index contributed by atoms with van der Waals surface area (Å²) in [5, 5.41) is 0.465. The Bertz CT molecular complexity index is 779. The van der Waals surface area contributed by atoms with Crippen LogP contribution < -0.4 is 4.72 Å². The molecule has 0 fully saturated rings. The number of benzene rings is 1. The van der Waals surface area contributed by atoms with E-state index in [0.717, 1.165) is 0 Å². The highest BCUT2D eigenvalue weighted by molar-refractivity contribution is 7.92. The summed E-state index contributed by atoms with van der Waals surface area (Å²) in [5.41, 5.74) is 1.18. The molecule has 1 aromatic heterocycles. The molecule has 0 bridgehead atoms. The lowest BCUT2D eigenvalue weighted by atomic mass is 10.2. The van der Waals surface area contributed by atoms with E-state index in [1.54, 1.807) is 6.92 Å². The number of aryl methyl sites for hydroxylation is 2. The van der Waals surface area contributed by atoms with E-state index < -0.39 is 10.0 Å². The minimum Gasteiger partial charge on any atom is -0.262 e. The van der Waals surface area contributed by atoms with Crippen molar-refractivity contribution in [2.24, 2.45) is 0 Å². The molecule has 1 N–H and O–H groups in total. The first kappa shape index (κ1) is 16.0. The topological polar surface area (TPSA) is 72.0 Å². The Morgan fingerprint density at radius 1 is 1.14 bits per heavy atom. The van der Waals surface area contributed by atoms with Gasteiger partial charge in [0.15, 0.2) is 5.82 Å². The molecule has 2 aromatic rings. The molecule has 0 saturated heterocycles. The number of nitrogens with zero attached hydrogens (tertiary/aromatic N) is 2. The SMILES string of the molecule is CCc1nccnc1NS(=O)(=O)c1cc(C)c(Cl)cc1Cl. The molecule has 0 spiro atoms. The highest BCUT2D eigenvalue weighted by Gasteiger charge is 2.21. The summed E-state index contributed by atoms with van der Waals surface area (Å²) < 4.78 is 27.3. The third-order valence-corrected chi connectivity index (χ3v) is 5.05. The van der Waals surface area contributed by atoms with Crippen LogP contribution in [0.4, 0.5) is 5.82 Å². The van der Waals surface area contributed by atoms with Gasteiger partial charge >= 0.3 is 0 Å². The smallest absolute Gasteiger partial charge is 0.262 e. The van der Waals surface area contributed by atoms with Gasteiger partial charge in [-0.15, -0.1) is 0 Å². The van der Waals surface area contributed by atoms with Crippen LogP contribution in [0.3, 0.4) is 0 Å². The number of halogens is 2. The number of sulfonamides is 1. The molecule has 1 heterocycles. The second-order valence-electron chi connectivity index (χ2n) is 4.34. The Balaban J connectivity index is 2.46. The summed E-state index contributed by atoms with van der Waals surface area (Å²) in [6.45, 7) is 3.57. The maximum Gasteiger partial charge on any atom is 0.264 e. The summed E-state index contributed by atoms with van der Waals surface area (Å²) in [6, 6.07) is 2.83. The van der Waals surface area contributed by atoms with E-state index >= 15 is 0 Å². The Hall–Kier alpha value is -1.37. The van der Waals surface area contributed by atoms with Gasteiger partial charge in [-0.05, 0) is 31.0 Å². The number of hydrogen-bond acceptors (Lipinski definition) is 4. The van der Waals surface area contributed by atoms with Crippen LogP contribution in [-0.4, -0.2) is 18.4 Å². The summed E-state index contributed by atoms with van der Waals surface area (Å²) in [4.78, 5) is 8.05. The van der Waals surface area contributed by atoms with Crippen molar-refractivity contribution in [2.75, 3.05) is 4.72 Å². The fraction of sp³-hybridized carbons (Fsp3) is 0.231. The van der Waals surface area contributed by atoms with Crippen LogP contribution in [-0.2, 0) is 16.4 Å².